The molecule has 5 nitrogen and oxygen atoms in total. The predicted molar refractivity (Wildman–Crippen MR) is 74.5 cm³/mol. The molecule has 5 heteroatoms. The Labute approximate surface area is 112 Å². The van der Waals surface area contributed by atoms with Gasteiger partial charge < -0.3 is 21.0 Å². The fourth-order valence-corrected chi connectivity index (χ4v) is 2.16. The summed E-state index contributed by atoms with van der Waals surface area (Å²) in [7, 11) is 1.57. The van der Waals surface area contributed by atoms with E-state index in [4.69, 9.17) is 15.7 Å². The van der Waals surface area contributed by atoms with Crippen LogP contribution in [0.2, 0.25) is 0 Å². The zero-order valence-corrected chi connectivity index (χ0v) is 11.0. The van der Waals surface area contributed by atoms with Crippen LogP contribution < -0.4 is 15.8 Å². The molecule has 0 heterocycles. The van der Waals surface area contributed by atoms with Crippen molar-refractivity contribution in [3.8, 4) is 5.75 Å². The van der Waals surface area contributed by atoms with Gasteiger partial charge in [-0.15, -0.1) is 0 Å². The number of hydrogen-bond acceptors (Lipinski definition) is 4. The minimum Gasteiger partial charge on any atom is -0.496 e. The third kappa shape index (κ3) is 3.26. The number of nitrogens with one attached hydrogen (secondary N) is 1. The van der Waals surface area contributed by atoms with Gasteiger partial charge in [-0.25, -0.2) is 0 Å². The molecule has 0 atom stereocenters. The molecule has 0 aliphatic heterocycles. The van der Waals surface area contributed by atoms with Gasteiger partial charge in [-0.1, -0.05) is 23.4 Å². The molecule has 0 radical (unpaired) electrons. The number of nitrogens with two attached hydrogens (primary N) is 1. The lowest BCUT2D eigenvalue weighted by molar-refractivity contribution is 0.318. The summed E-state index contributed by atoms with van der Waals surface area (Å²) < 4.78 is 5.27. The molecule has 0 bridgehead atoms. The summed E-state index contributed by atoms with van der Waals surface area (Å²) in [5.74, 6) is 0.662. The first-order valence-corrected chi connectivity index (χ1v) is 6.27. The van der Waals surface area contributed by atoms with Crippen molar-refractivity contribution in [1.82, 2.24) is 5.32 Å². The number of oxime groups is 1. The van der Waals surface area contributed by atoms with Crippen LogP contribution in [0.25, 0.3) is 0 Å². The summed E-state index contributed by atoms with van der Waals surface area (Å²) in [5.41, 5.74) is 7.29. The second kappa shape index (κ2) is 6.24. The number of hydrogen-bond donors (Lipinski definition) is 3. The topological polar surface area (TPSA) is 79.9 Å². The Kier molecular flexibility index (Phi) is 4.41. The van der Waals surface area contributed by atoms with Crippen LogP contribution in [0.15, 0.2) is 35.5 Å². The molecule has 19 heavy (non-hydrogen) atoms. The first-order valence-electron chi connectivity index (χ1n) is 6.27. The molecular formula is C14H19N3O2. The highest BCUT2D eigenvalue weighted by atomic mass is 16.5. The van der Waals surface area contributed by atoms with Gasteiger partial charge in [-0.3, -0.25) is 0 Å². The van der Waals surface area contributed by atoms with E-state index in [9.17, 15) is 0 Å². The molecule has 0 fully saturated rings. The Hall–Kier alpha value is -2.01. The number of methoxy groups -OCH3 is 1. The van der Waals surface area contributed by atoms with Gasteiger partial charge in [0, 0.05) is 12.6 Å². The van der Waals surface area contributed by atoms with Crippen molar-refractivity contribution in [2.75, 3.05) is 7.11 Å². The zero-order valence-electron chi connectivity index (χ0n) is 11.0. The van der Waals surface area contributed by atoms with E-state index in [2.05, 4.69) is 22.6 Å². The lowest BCUT2D eigenvalue weighted by Gasteiger charge is -2.13. The van der Waals surface area contributed by atoms with E-state index in [0.29, 0.717) is 17.4 Å². The average Bonchev–Trinajstić information content (AvgIpc) is 2.97. The second-order valence-electron chi connectivity index (χ2n) is 4.54. The van der Waals surface area contributed by atoms with Crippen molar-refractivity contribution in [3.05, 3.63) is 41.5 Å². The molecule has 0 amide bonds. The van der Waals surface area contributed by atoms with Crippen molar-refractivity contribution < 1.29 is 9.94 Å². The molecule has 1 aliphatic rings. The van der Waals surface area contributed by atoms with E-state index in [-0.39, 0.29) is 5.84 Å². The van der Waals surface area contributed by atoms with Gasteiger partial charge in [0.25, 0.3) is 0 Å². The normalized spacial score (nSPS) is 15.9. The number of ether oxygens (including phenoxy) is 1. The van der Waals surface area contributed by atoms with Crippen LogP contribution in [0.1, 0.15) is 24.0 Å². The molecular weight excluding hydrogens is 242 g/mol. The zero-order chi connectivity index (χ0) is 13.7. The highest BCUT2D eigenvalue weighted by molar-refractivity contribution is 5.99. The van der Waals surface area contributed by atoms with Crippen molar-refractivity contribution in [3.63, 3.8) is 0 Å². The SMILES string of the molecule is COc1cc(CNC2CC=CC2)ccc1/C(N)=N/O. The first kappa shape index (κ1) is 13.4. The van der Waals surface area contributed by atoms with E-state index in [0.717, 1.165) is 24.9 Å². The predicted octanol–water partition coefficient (Wildman–Crippen LogP) is 1.60. The fourth-order valence-electron chi connectivity index (χ4n) is 2.16. The summed E-state index contributed by atoms with van der Waals surface area (Å²) >= 11 is 0. The second-order valence-corrected chi connectivity index (χ2v) is 4.54. The lowest BCUT2D eigenvalue weighted by Crippen LogP contribution is -2.25. The van der Waals surface area contributed by atoms with Crippen molar-refractivity contribution >= 4 is 5.84 Å². The van der Waals surface area contributed by atoms with Gasteiger partial charge in [-0.05, 0) is 30.5 Å². The van der Waals surface area contributed by atoms with Gasteiger partial charge in [0.15, 0.2) is 5.84 Å². The molecule has 0 unspecified atom stereocenters. The van der Waals surface area contributed by atoms with Gasteiger partial charge in [-0.2, -0.15) is 0 Å². The van der Waals surface area contributed by atoms with Crippen LogP contribution in [-0.2, 0) is 6.54 Å². The minimum absolute atomic E-state index is 0.0522. The Balaban J connectivity index is 2.06. The highest BCUT2D eigenvalue weighted by Crippen LogP contribution is 2.20. The summed E-state index contributed by atoms with van der Waals surface area (Å²) in [4.78, 5) is 0. The van der Waals surface area contributed by atoms with Crippen molar-refractivity contribution in [2.45, 2.75) is 25.4 Å². The van der Waals surface area contributed by atoms with E-state index >= 15 is 0 Å². The maximum atomic E-state index is 8.71. The van der Waals surface area contributed by atoms with Crippen LogP contribution in [0, 0.1) is 0 Å². The minimum atomic E-state index is 0.0522. The van der Waals surface area contributed by atoms with Crippen LogP contribution in [0.4, 0.5) is 0 Å². The van der Waals surface area contributed by atoms with Crippen LogP contribution >= 0.6 is 0 Å². The third-order valence-corrected chi connectivity index (χ3v) is 3.25. The molecule has 0 saturated carbocycles. The molecule has 1 aliphatic carbocycles. The standard InChI is InChI=1S/C14H19N3O2/c1-19-13-8-10(6-7-12(13)14(15)17-18)9-16-11-4-2-3-5-11/h2-3,6-8,11,16,18H,4-5,9H2,1H3,(H2,15,17). The maximum Gasteiger partial charge on any atom is 0.173 e. The maximum absolute atomic E-state index is 8.71. The van der Waals surface area contributed by atoms with E-state index < -0.39 is 0 Å². The molecule has 0 saturated heterocycles. The Bertz CT molecular complexity index is 489. The molecule has 0 spiro atoms. The van der Waals surface area contributed by atoms with Gasteiger partial charge >= 0.3 is 0 Å². The van der Waals surface area contributed by atoms with E-state index in [1.807, 2.05) is 12.1 Å². The van der Waals surface area contributed by atoms with Crippen molar-refractivity contribution in [2.24, 2.45) is 10.9 Å². The van der Waals surface area contributed by atoms with Crippen LogP contribution in [0.5, 0.6) is 5.75 Å². The molecule has 2 rings (SSSR count). The third-order valence-electron chi connectivity index (χ3n) is 3.25. The number of benzene rings is 1. The largest absolute Gasteiger partial charge is 0.496 e. The Morgan fingerprint density at radius 3 is 2.84 bits per heavy atom. The van der Waals surface area contributed by atoms with Gasteiger partial charge in [0.2, 0.25) is 0 Å². The number of nitrogens with zero attached hydrogens (tertiary/aromatic N) is 1. The van der Waals surface area contributed by atoms with E-state index in [1.165, 1.54) is 0 Å². The summed E-state index contributed by atoms with van der Waals surface area (Å²) in [6.07, 6.45) is 6.55. The molecule has 1 aromatic rings. The molecule has 4 N–H and O–H groups in total. The lowest BCUT2D eigenvalue weighted by atomic mass is 10.1. The monoisotopic (exact) mass is 261 g/mol. The molecule has 1 aromatic carbocycles. The van der Waals surface area contributed by atoms with E-state index in [1.54, 1.807) is 13.2 Å². The smallest absolute Gasteiger partial charge is 0.173 e. The fraction of sp³-hybridized carbons (Fsp3) is 0.357. The summed E-state index contributed by atoms with van der Waals surface area (Å²) in [6.45, 7) is 0.777. The highest BCUT2D eigenvalue weighted by Gasteiger charge is 2.11. The number of amidine groups is 1. The molecule has 102 valence electrons. The summed E-state index contributed by atoms with van der Waals surface area (Å²) in [5, 5.41) is 15.2. The Morgan fingerprint density at radius 2 is 2.21 bits per heavy atom. The average molecular weight is 261 g/mol. The summed E-state index contributed by atoms with van der Waals surface area (Å²) in [6, 6.07) is 6.18. The van der Waals surface area contributed by atoms with Gasteiger partial charge in [0.05, 0.1) is 12.7 Å². The first-order chi connectivity index (χ1) is 9.24. The van der Waals surface area contributed by atoms with Crippen LogP contribution in [-0.4, -0.2) is 24.2 Å². The van der Waals surface area contributed by atoms with Crippen LogP contribution in [0.3, 0.4) is 0 Å². The van der Waals surface area contributed by atoms with Gasteiger partial charge in [0.1, 0.15) is 5.75 Å². The number of rotatable bonds is 5. The molecule has 0 aromatic heterocycles. The Morgan fingerprint density at radius 1 is 1.47 bits per heavy atom. The quantitative estimate of drug-likeness (QED) is 0.247. The van der Waals surface area contributed by atoms with Crippen molar-refractivity contribution in [1.29, 1.82) is 0 Å².